The highest BCUT2D eigenvalue weighted by Crippen LogP contribution is 2.18. The largest absolute Gasteiger partial charge is 0.461 e. The van der Waals surface area contributed by atoms with Gasteiger partial charge in [0.2, 0.25) is 12.3 Å². The molecule has 0 saturated heterocycles. The molecule has 0 atom stereocenters. The van der Waals surface area contributed by atoms with Crippen LogP contribution in [0, 0.1) is 5.92 Å². The summed E-state index contributed by atoms with van der Waals surface area (Å²) in [6.07, 6.45) is 0.414. The van der Waals surface area contributed by atoms with E-state index in [2.05, 4.69) is 16.0 Å². The lowest BCUT2D eigenvalue weighted by molar-refractivity contribution is -0.148. The Bertz CT molecular complexity index is 661. The van der Waals surface area contributed by atoms with E-state index in [0.29, 0.717) is 17.7 Å². The molecule has 3 amide bonds. The number of esters is 1. The Morgan fingerprint density at radius 2 is 2.00 bits per heavy atom. The lowest BCUT2D eigenvalue weighted by atomic mass is 10.1. The molecular formula is C17H24N4O5. The number of anilines is 1. The maximum absolute atomic E-state index is 12.3. The first-order valence-electron chi connectivity index (χ1n) is 8.13. The van der Waals surface area contributed by atoms with Crippen LogP contribution in [0.4, 0.5) is 5.69 Å². The molecule has 0 heterocycles. The van der Waals surface area contributed by atoms with E-state index in [9.17, 15) is 19.2 Å². The van der Waals surface area contributed by atoms with Crippen LogP contribution in [-0.2, 0) is 25.7 Å². The van der Waals surface area contributed by atoms with Crippen LogP contribution < -0.4 is 21.7 Å². The molecule has 0 unspecified atom stereocenters. The van der Waals surface area contributed by atoms with Crippen LogP contribution in [0.1, 0.15) is 29.8 Å². The number of amides is 3. The van der Waals surface area contributed by atoms with E-state index in [1.165, 1.54) is 6.07 Å². The molecule has 0 bridgehead atoms. The average Bonchev–Trinajstić information content (AvgIpc) is 2.62. The van der Waals surface area contributed by atoms with E-state index < -0.39 is 11.8 Å². The molecule has 0 spiro atoms. The van der Waals surface area contributed by atoms with Crippen molar-refractivity contribution in [2.24, 2.45) is 11.7 Å². The molecule has 0 aliphatic heterocycles. The predicted molar refractivity (Wildman–Crippen MR) is 95.2 cm³/mol. The van der Waals surface area contributed by atoms with Crippen LogP contribution >= 0.6 is 0 Å². The second-order valence-electron chi connectivity index (χ2n) is 5.73. The molecule has 0 aromatic heterocycles. The Balaban J connectivity index is 2.97. The van der Waals surface area contributed by atoms with Gasteiger partial charge in [-0.1, -0.05) is 19.9 Å². The molecule has 1 aromatic rings. The van der Waals surface area contributed by atoms with Crippen molar-refractivity contribution in [3.63, 3.8) is 0 Å². The Morgan fingerprint density at radius 1 is 1.27 bits per heavy atom. The summed E-state index contributed by atoms with van der Waals surface area (Å²) in [4.78, 5) is 45.9. The van der Waals surface area contributed by atoms with Gasteiger partial charge in [0.05, 0.1) is 12.5 Å². The number of benzene rings is 1. The second kappa shape index (κ2) is 10.8. The topological polar surface area (TPSA) is 140 Å². The molecule has 142 valence electrons. The summed E-state index contributed by atoms with van der Waals surface area (Å²) in [6.45, 7) is 3.72. The molecule has 5 N–H and O–H groups in total. The van der Waals surface area contributed by atoms with Crippen molar-refractivity contribution in [3.05, 3.63) is 29.3 Å². The predicted octanol–water partition coefficient (Wildman–Crippen LogP) is -0.241. The van der Waals surface area contributed by atoms with Crippen molar-refractivity contribution >= 4 is 29.9 Å². The highest BCUT2D eigenvalue weighted by Gasteiger charge is 2.16. The zero-order valence-electron chi connectivity index (χ0n) is 14.8. The zero-order valence-corrected chi connectivity index (χ0v) is 14.8. The molecule has 0 aliphatic carbocycles. The minimum absolute atomic E-state index is 0.0662. The Labute approximate surface area is 151 Å². The van der Waals surface area contributed by atoms with Gasteiger partial charge in [-0.2, -0.15) is 0 Å². The second-order valence-corrected chi connectivity index (χ2v) is 5.73. The van der Waals surface area contributed by atoms with Crippen molar-refractivity contribution in [1.82, 2.24) is 10.6 Å². The minimum Gasteiger partial charge on any atom is -0.461 e. The summed E-state index contributed by atoms with van der Waals surface area (Å²) in [5.41, 5.74) is 6.52. The van der Waals surface area contributed by atoms with E-state index >= 15 is 0 Å². The number of rotatable bonds is 10. The fraction of sp³-hybridized carbons (Fsp3) is 0.412. The fourth-order valence-electron chi connectivity index (χ4n) is 1.93. The average molecular weight is 364 g/mol. The first-order valence-corrected chi connectivity index (χ1v) is 8.13. The van der Waals surface area contributed by atoms with Gasteiger partial charge >= 0.3 is 5.97 Å². The summed E-state index contributed by atoms with van der Waals surface area (Å²) in [6, 6.07) is 4.65. The first-order chi connectivity index (χ1) is 12.4. The van der Waals surface area contributed by atoms with Gasteiger partial charge in [0, 0.05) is 29.9 Å². The highest BCUT2D eigenvalue weighted by molar-refractivity contribution is 5.99. The molecule has 1 aromatic carbocycles. The summed E-state index contributed by atoms with van der Waals surface area (Å²) in [5.74, 6) is -1.50. The quantitative estimate of drug-likeness (QED) is 0.334. The Hall–Kier alpha value is -2.94. The number of hydrogen-bond acceptors (Lipinski definition) is 6. The van der Waals surface area contributed by atoms with Gasteiger partial charge in [0.15, 0.2) is 0 Å². The van der Waals surface area contributed by atoms with E-state index in [0.717, 1.165) is 0 Å². The Morgan fingerprint density at radius 3 is 2.62 bits per heavy atom. The minimum atomic E-state index is -0.440. The van der Waals surface area contributed by atoms with Gasteiger partial charge in [-0.15, -0.1) is 0 Å². The zero-order chi connectivity index (χ0) is 19.5. The highest BCUT2D eigenvalue weighted by atomic mass is 16.5. The van der Waals surface area contributed by atoms with E-state index in [-0.39, 0.29) is 43.7 Å². The molecular weight excluding hydrogens is 340 g/mol. The van der Waals surface area contributed by atoms with E-state index in [1.54, 1.807) is 26.0 Å². The fourth-order valence-corrected chi connectivity index (χ4v) is 1.93. The summed E-state index contributed by atoms with van der Waals surface area (Å²) < 4.78 is 5.18. The van der Waals surface area contributed by atoms with Crippen LogP contribution in [0.3, 0.4) is 0 Å². The van der Waals surface area contributed by atoms with Gasteiger partial charge in [-0.05, 0) is 12.1 Å². The van der Waals surface area contributed by atoms with Crippen molar-refractivity contribution in [2.75, 3.05) is 25.0 Å². The third kappa shape index (κ3) is 6.89. The number of hydrogen-bond donors (Lipinski definition) is 4. The lowest BCUT2D eigenvalue weighted by Crippen LogP contribution is -2.30. The van der Waals surface area contributed by atoms with Crippen LogP contribution in [0.2, 0.25) is 0 Å². The molecule has 9 heteroatoms. The summed E-state index contributed by atoms with van der Waals surface area (Å²) in [5, 5.41) is 7.45. The SMILES string of the molecule is CC(C)C(=O)OCc1ccc(NC(=O)CNC=O)cc1C(=O)NCCN. The molecule has 1 rings (SSSR count). The number of nitrogens with two attached hydrogens (primary N) is 1. The monoisotopic (exact) mass is 364 g/mol. The third-order valence-electron chi connectivity index (χ3n) is 3.26. The van der Waals surface area contributed by atoms with Gasteiger partial charge in [0.25, 0.3) is 5.91 Å². The molecule has 26 heavy (non-hydrogen) atoms. The van der Waals surface area contributed by atoms with Gasteiger partial charge in [-0.3, -0.25) is 19.2 Å². The number of ether oxygens (including phenoxy) is 1. The number of carbonyl (C=O) groups excluding carboxylic acids is 4. The number of nitrogens with one attached hydrogen (secondary N) is 3. The van der Waals surface area contributed by atoms with Crippen molar-refractivity contribution in [1.29, 1.82) is 0 Å². The van der Waals surface area contributed by atoms with E-state index in [1.807, 2.05) is 0 Å². The molecule has 0 aliphatic rings. The molecule has 0 saturated carbocycles. The summed E-state index contributed by atoms with van der Waals surface area (Å²) >= 11 is 0. The van der Waals surface area contributed by atoms with Gasteiger partial charge in [-0.25, -0.2) is 0 Å². The molecule has 9 nitrogen and oxygen atoms in total. The van der Waals surface area contributed by atoms with Crippen molar-refractivity contribution < 1.29 is 23.9 Å². The molecule has 0 fully saturated rings. The Kier molecular flexibility index (Phi) is 8.79. The molecule has 0 radical (unpaired) electrons. The third-order valence-corrected chi connectivity index (χ3v) is 3.26. The van der Waals surface area contributed by atoms with E-state index in [4.69, 9.17) is 10.5 Å². The van der Waals surface area contributed by atoms with Crippen LogP contribution in [-0.4, -0.2) is 43.8 Å². The number of carbonyl (C=O) groups is 4. The summed E-state index contributed by atoms with van der Waals surface area (Å²) in [7, 11) is 0. The van der Waals surface area contributed by atoms with Crippen molar-refractivity contribution in [3.8, 4) is 0 Å². The maximum Gasteiger partial charge on any atom is 0.308 e. The van der Waals surface area contributed by atoms with Crippen LogP contribution in [0.5, 0.6) is 0 Å². The lowest BCUT2D eigenvalue weighted by Gasteiger charge is -2.14. The first kappa shape index (κ1) is 21.1. The van der Waals surface area contributed by atoms with Crippen LogP contribution in [0.15, 0.2) is 18.2 Å². The van der Waals surface area contributed by atoms with Crippen molar-refractivity contribution in [2.45, 2.75) is 20.5 Å². The van der Waals surface area contributed by atoms with Gasteiger partial charge < -0.3 is 26.4 Å². The maximum atomic E-state index is 12.3. The standard InChI is InChI=1S/C17H24N4O5/c1-11(2)17(25)26-9-12-3-4-13(21-15(23)8-19-10-22)7-14(12)16(24)20-6-5-18/h3-4,7,10-11H,5-6,8-9,18H2,1-2H3,(H,19,22)(H,20,24)(H,21,23). The van der Waals surface area contributed by atoms with Crippen LogP contribution in [0.25, 0.3) is 0 Å². The smallest absolute Gasteiger partial charge is 0.308 e. The normalized spacial score (nSPS) is 10.2. The van der Waals surface area contributed by atoms with Gasteiger partial charge in [0.1, 0.15) is 6.61 Å².